The lowest BCUT2D eigenvalue weighted by atomic mass is 9.78. The van der Waals surface area contributed by atoms with Gasteiger partial charge in [0, 0.05) is 17.0 Å². The monoisotopic (exact) mass is 263 g/mol. The minimum Gasteiger partial charge on any atom is -0.316 e. The van der Waals surface area contributed by atoms with Gasteiger partial charge in [-0.1, -0.05) is 49.7 Å². The summed E-state index contributed by atoms with van der Waals surface area (Å²) in [6.07, 6.45) is 6.80. The molecule has 0 fully saturated rings. The van der Waals surface area contributed by atoms with Crippen molar-refractivity contribution in [1.29, 1.82) is 0 Å². The van der Waals surface area contributed by atoms with Crippen molar-refractivity contribution in [2.24, 2.45) is 5.92 Å². The van der Waals surface area contributed by atoms with Crippen LogP contribution in [0.1, 0.15) is 32.3 Å². The van der Waals surface area contributed by atoms with Crippen molar-refractivity contribution < 1.29 is 0 Å². The van der Waals surface area contributed by atoms with Gasteiger partial charge in [0.1, 0.15) is 0 Å². The Labute approximate surface area is 115 Å². The molecule has 98 valence electrons. The summed E-state index contributed by atoms with van der Waals surface area (Å²) in [5.41, 5.74) is 1.57. The molecule has 1 nitrogen and oxygen atoms in total. The molecule has 0 radical (unpaired) electrons. The van der Waals surface area contributed by atoms with Crippen molar-refractivity contribution in [2.45, 2.75) is 32.1 Å². The summed E-state index contributed by atoms with van der Waals surface area (Å²) in [6, 6.07) is 8.32. The molecule has 0 atom stereocenters. The molecule has 0 saturated heterocycles. The number of hydrogen-bond donors (Lipinski definition) is 1. The standard InChI is InChI=1S/C16H22ClN/c1-13(2)11-18-12-16(8-3-4-9-16)14-6-5-7-15(17)10-14/h3-7,10,13,18H,8-9,11-12H2,1-2H3. The van der Waals surface area contributed by atoms with Gasteiger partial charge in [-0.2, -0.15) is 0 Å². The summed E-state index contributed by atoms with van der Waals surface area (Å²) in [5, 5.41) is 4.44. The molecule has 1 N–H and O–H groups in total. The molecule has 1 aromatic carbocycles. The van der Waals surface area contributed by atoms with Crippen LogP contribution in [0.4, 0.5) is 0 Å². The highest BCUT2D eigenvalue weighted by Crippen LogP contribution is 2.37. The summed E-state index contributed by atoms with van der Waals surface area (Å²) in [4.78, 5) is 0. The Morgan fingerprint density at radius 3 is 2.61 bits per heavy atom. The summed E-state index contributed by atoms with van der Waals surface area (Å²) in [7, 11) is 0. The van der Waals surface area contributed by atoms with E-state index in [4.69, 9.17) is 11.6 Å². The first-order valence-electron chi connectivity index (χ1n) is 6.74. The van der Waals surface area contributed by atoms with Crippen molar-refractivity contribution in [1.82, 2.24) is 5.32 Å². The van der Waals surface area contributed by atoms with E-state index in [2.05, 4.69) is 49.5 Å². The first kappa shape index (κ1) is 13.6. The highest BCUT2D eigenvalue weighted by molar-refractivity contribution is 6.30. The quantitative estimate of drug-likeness (QED) is 0.786. The van der Waals surface area contributed by atoms with Gasteiger partial charge >= 0.3 is 0 Å². The zero-order valence-corrected chi connectivity index (χ0v) is 12.0. The van der Waals surface area contributed by atoms with Crippen molar-refractivity contribution in [3.8, 4) is 0 Å². The number of rotatable bonds is 5. The topological polar surface area (TPSA) is 12.0 Å². The van der Waals surface area contributed by atoms with E-state index >= 15 is 0 Å². The van der Waals surface area contributed by atoms with Gasteiger partial charge in [-0.15, -0.1) is 0 Å². The van der Waals surface area contributed by atoms with Gasteiger partial charge in [-0.25, -0.2) is 0 Å². The maximum atomic E-state index is 6.13. The number of hydrogen-bond acceptors (Lipinski definition) is 1. The molecule has 0 saturated carbocycles. The van der Waals surface area contributed by atoms with E-state index in [9.17, 15) is 0 Å². The van der Waals surface area contributed by atoms with Crippen LogP contribution in [0.15, 0.2) is 36.4 Å². The Morgan fingerprint density at radius 2 is 2.00 bits per heavy atom. The van der Waals surface area contributed by atoms with E-state index in [-0.39, 0.29) is 5.41 Å². The first-order valence-corrected chi connectivity index (χ1v) is 7.12. The van der Waals surface area contributed by atoms with E-state index in [1.165, 1.54) is 5.56 Å². The van der Waals surface area contributed by atoms with Crippen LogP contribution in [0.5, 0.6) is 0 Å². The summed E-state index contributed by atoms with van der Waals surface area (Å²) < 4.78 is 0. The van der Waals surface area contributed by atoms with Crippen LogP contribution in [0, 0.1) is 5.92 Å². The van der Waals surface area contributed by atoms with Crippen LogP contribution >= 0.6 is 11.6 Å². The van der Waals surface area contributed by atoms with Crippen LogP contribution in [0.2, 0.25) is 5.02 Å². The molecule has 0 aliphatic heterocycles. The highest BCUT2D eigenvalue weighted by Gasteiger charge is 2.32. The Bertz CT molecular complexity index is 415. The molecule has 1 aliphatic rings. The zero-order chi connectivity index (χ0) is 13.0. The molecule has 0 aromatic heterocycles. The lowest BCUT2D eigenvalue weighted by molar-refractivity contribution is 0.402. The molecular formula is C16H22ClN. The zero-order valence-electron chi connectivity index (χ0n) is 11.2. The van der Waals surface area contributed by atoms with Crippen molar-refractivity contribution in [2.75, 3.05) is 13.1 Å². The number of nitrogens with one attached hydrogen (secondary N) is 1. The fourth-order valence-corrected chi connectivity index (χ4v) is 2.79. The minimum atomic E-state index is 0.208. The Kier molecular flexibility index (Phi) is 4.47. The maximum Gasteiger partial charge on any atom is 0.0408 e. The van der Waals surface area contributed by atoms with Gasteiger partial charge in [0.25, 0.3) is 0 Å². The van der Waals surface area contributed by atoms with Crippen LogP contribution in [-0.2, 0) is 5.41 Å². The molecular weight excluding hydrogens is 242 g/mol. The van der Waals surface area contributed by atoms with Crippen LogP contribution in [0.3, 0.4) is 0 Å². The maximum absolute atomic E-state index is 6.13. The molecule has 18 heavy (non-hydrogen) atoms. The van der Waals surface area contributed by atoms with E-state index in [0.717, 1.165) is 31.0 Å². The Morgan fingerprint density at radius 1 is 1.28 bits per heavy atom. The predicted molar refractivity (Wildman–Crippen MR) is 79.2 cm³/mol. The van der Waals surface area contributed by atoms with Crippen molar-refractivity contribution in [3.05, 3.63) is 47.0 Å². The van der Waals surface area contributed by atoms with Crippen LogP contribution in [-0.4, -0.2) is 13.1 Å². The van der Waals surface area contributed by atoms with Gasteiger partial charge < -0.3 is 5.32 Å². The summed E-state index contributed by atoms with van der Waals surface area (Å²) in [5.74, 6) is 0.691. The molecule has 2 heteroatoms. The minimum absolute atomic E-state index is 0.208. The van der Waals surface area contributed by atoms with Gasteiger partial charge in [0.05, 0.1) is 0 Å². The largest absolute Gasteiger partial charge is 0.316 e. The average Bonchev–Trinajstić information content (AvgIpc) is 2.78. The second-order valence-corrected chi connectivity index (χ2v) is 6.13. The fraction of sp³-hybridized carbons (Fsp3) is 0.500. The molecule has 0 amide bonds. The second kappa shape index (κ2) is 5.90. The number of benzene rings is 1. The Hall–Kier alpha value is -0.790. The van der Waals surface area contributed by atoms with Crippen molar-refractivity contribution >= 4 is 11.6 Å². The molecule has 1 aliphatic carbocycles. The third kappa shape index (κ3) is 3.15. The summed E-state index contributed by atoms with van der Waals surface area (Å²) in [6.45, 7) is 6.58. The van der Waals surface area contributed by atoms with Crippen molar-refractivity contribution in [3.63, 3.8) is 0 Å². The van der Waals surface area contributed by atoms with Gasteiger partial charge in [0.15, 0.2) is 0 Å². The number of allylic oxidation sites excluding steroid dienone is 2. The van der Waals surface area contributed by atoms with Gasteiger partial charge in [-0.05, 0) is 43.0 Å². The first-order chi connectivity index (χ1) is 8.62. The Balaban J connectivity index is 2.12. The lowest BCUT2D eigenvalue weighted by Crippen LogP contribution is -2.37. The van der Waals surface area contributed by atoms with E-state index < -0.39 is 0 Å². The van der Waals surface area contributed by atoms with Gasteiger partial charge in [-0.3, -0.25) is 0 Å². The molecule has 0 bridgehead atoms. The highest BCUT2D eigenvalue weighted by atomic mass is 35.5. The van der Waals surface area contributed by atoms with E-state index in [0.29, 0.717) is 5.92 Å². The molecule has 0 unspecified atom stereocenters. The van der Waals surface area contributed by atoms with Crippen LogP contribution < -0.4 is 5.32 Å². The lowest BCUT2D eigenvalue weighted by Gasteiger charge is -2.30. The smallest absolute Gasteiger partial charge is 0.0408 e. The van der Waals surface area contributed by atoms with E-state index in [1.54, 1.807) is 0 Å². The molecule has 2 rings (SSSR count). The molecule has 1 aromatic rings. The van der Waals surface area contributed by atoms with Gasteiger partial charge in [0.2, 0.25) is 0 Å². The normalized spacial score (nSPS) is 17.6. The summed E-state index contributed by atoms with van der Waals surface area (Å²) >= 11 is 6.13. The number of halogens is 1. The SMILES string of the molecule is CC(C)CNCC1(c2cccc(Cl)c2)CC=CC1. The van der Waals surface area contributed by atoms with Crippen LogP contribution in [0.25, 0.3) is 0 Å². The predicted octanol–water partition coefficient (Wildman–Crippen LogP) is 4.17. The average molecular weight is 264 g/mol. The second-order valence-electron chi connectivity index (χ2n) is 5.70. The molecule has 0 spiro atoms. The third-order valence-electron chi connectivity index (χ3n) is 3.64. The molecule has 0 heterocycles. The third-order valence-corrected chi connectivity index (χ3v) is 3.87. The fourth-order valence-electron chi connectivity index (χ4n) is 2.60. The van der Waals surface area contributed by atoms with E-state index in [1.807, 2.05) is 6.07 Å².